The summed E-state index contributed by atoms with van der Waals surface area (Å²) in [5.41, 5.74) is 1.18. The minimum atomic E-state index is -3.51. The Hall–Kier alpha value is -1.96. The molecule has 1 aromatic carbocycles. The van der Waals surface area contributed by atoms with E-state index < -0.39 is 10.0 Å². The molecule has 1 unspecified atom stereocenters. The molecule has 6 nitrogen and oxygen atoms in total. The van der Waals surface area contributed by atoms with Gasteiger partial charge < -0.3 is 10.1 Å². The van der Waals surface area contributed by atoms with Crippen LogP contribution in [0, 0.1) is 5.92 Å². The van der Waals surface area contributed by atoms with Crippen molar-refractivity contribution in [2.75, 3.05) is 31.6 Å². The largest absolute Gasteiger partial charge is 0.379 e. The van der Waals surface area contributed by atoms with Crippen LogP contribution in [-0.4, -0.2) is 44.0 Å². The molecular formula is C19H25N3O3S. The van der Waals surface area contributed by atoms with Crippen molar-refractivity contribution in [2.45, 2.75) is 24.8 Å². The minimum Gasteiger partial charge on any atom is -0.379 e. The number of nitrogens with one attached hydrogen (secondary N) is 1. The molecule has 1 saturated heterocycles. The van der Waals surface area contributed by atoms with Crippen LogP contribution in [0.2, 0.25) is 0 Å². The average molecular weight is 375 g/mol. The van der Waals surface area contributed by atoms with E-state index in [0.29, 0.717) is 38.0 Å². The first-order valence-corrected chi connectivity index (χ1v) is 10.3. The molecule has 3 rings (SSSR count). The van der Waals surface area contributed by atoms with E-state index in [2.05, 4.69) is 36.3 Å². The van der Waals surface area contributed by atoms with Crippen molar-refractivity contribution in [3.8, 4) is 0 Å². The van der Waals surface area contributed by atoms with Crippen molar-refractivity contribution < 1.29 is 13.2 Å². The van der Waals surface area contributed by atoms with E-state index in [9.17, 15) is 8.42 Å². The number of hydrogen-bond acceptors (Lipinski definition) is 5. The quantitative estimate of drug-likeness (QED) is 0.841. The van der Waals surface area contributed by atoms with Crippen molar-refractivity contribution in [1.29, 1.82) is 0 Å². The van der Waals surface area contributed by atoms with Crippen LogP contribution < -0.4 is 5.32 Å². The standard InChI is InChI=1S/C19H25N3O3S/c1-15(2)19(16-6-4-3-5-7-16)21-18-9-8-17(14-20-18)26(23,24)22-10-12-25-13-11-22/h3-9,14-15,19H,10-13H2,1-2H3,(H,20,21). The second-order valence-electron chi connectivity index (χ2n) is 6.67. The second-order valence-corrected chi connectivity index (χ2v) is 8.61. The van der Waals surface area contributed by atoms with Crippen LogP contribution in [0.25, 0.3) is 0 Å². The Balaban J connectivity index is 1.76. The van der Waals surface area contributed by atoms with Gasteiger partial charge in [-0.25, -0.2) is 13.4 Å². The van der Waals surface area contributed by atoms with E-state index in [-0.39, 0.29) is 10.9 Å². The Labute approximate surface area is 155 Å². The molecule has 140 valence electrons. The molecule has 1 aliphatic rings. The van der Waals surface area contributed by atoms with Crippen LogP contribution in [0.15, 0.2) is 53.6 Å². The van der Waals surface area contributed by atoms with Gasteiger partial charge in [0.1, 0.15) is 10.7 Å². The first-order valence-electron chi connectivity index (χ1n) is 8.84. The third-order valence-corrected chi connectivity index (χ3v) is 6.36. The molecule has 1 fully saturated rings. The van der Waals surface area contributed by atoms with Gasteiger partial charge in [0.05, 0.1) is 19.3 Å². The Bertz CT molecular complexity index is 802. The van der Waals surface area contributed by atoms with Gasteiger partial charge in [0, 0.05) is 19.3 Å². The molecule has 0 radical (unpaired) electrons. The van der Waals surface area contributed by atoms with E-state index in [0.717, 1.165) is 0 Å². The van der Waals surface area contributed by atoms with Gasteiger partial charge in [-0.3, -0.25) is 0 Å². The monoisotopic (exact) mass is 375 g/mol. The molecule has 7 heteroatoms. The van der Waals surface area contributed by atoms with Crippen molar-refractivity contribution in [1.82, 2.24) is 9.29 Å². The van der Waals surface area contributed by atoms with Crippen LogP contribution >= 0.6 is 0 Å². The zero-order valence-electron chi connectivity index (χ0n) is 15.1. The van der Waals surface area contributed by atoms with Gasteiger partial charge in [-0.1, -0.05) is 44.2 Å². The third kappa shape index (κ3) is 4.23. The average Bonchev–Trinajstić information content (AvgIpc) is 2.67. The van der Waals surface area contributed by atoms with Crippen LogP contribution in [0.5, 0.6) is 0 Å². The Morgan fingerprint density at radius 3 is 2.35 bits per heavy atom. The van der Waals surface area contributed by atoms with E-state index in [1.54, 1.807) is 12.1 Å². The summed E-state index contributed by atoms with van der Waals surface area (Å²) in [6.07, 6.45) is 1.43. The van der Waals surface area contributed by atoms with Gasteiger partial charge >= 0.3 is 0 Å². The summed E-state index contributed by atoms with van der Waals surface area (Å²) >= 11 is 0. The predicted molar refractivity (Wildman–Crippen MR) is 101 cm³/mol. The lowest BCUT2D eigenvalue weighted by Crippen LogP contribution is -2.40. The first kappa shape index (κ1) is 18.8. The van der Waals surface area contributed by atoms with Crippen LogP contribution in [0.3, 0.4) is 0 Å². The fraction of sp³-hybridized carbons (Fsp3) is 0.421. The Kier molecular flexibility index (Phi) is 5.90. The predicted octanol–water partition coefficient (Wildman–Crippen LogP) is 2.91. The fourth-order valence-electron chi connectivity index (χ4n) is 3.01. The maximum absolute atomic E-state index is 12.7. The summed E-state index contributed by atoms with van der Waals surface area (Å²) in [6, 6.07) is 13.6. The maximum Gasteiger partial charge on any atom is 0.244 e. The summed E-state index contributed by atoms with van der Waals surface area (Å²) < 4.78 is 32.0. The molecule has 0 amide bonds. The summed E-state index contributed by atoms with van der Waals surface area (Å²) in [7, 11) is -3.51. The van der Waals surface area contributed by atoms with Crippen molar-refractivity contribution in [2.24, 2.45) is 5.92 Å². The van der Waals surface area contributed by atoms with Crippen LogP contribution in [0.4, 0.5) is 5.82 Å². The minimum absolute atomic E-state index is 0.102. The number of anilines is 1. The van der Waals surface area contributed by atoms with E-state index >= 15 is 0 Å². The lowest BCUT2D eigenvalue weighted by atomic mass is 9.96. The highest BCUT2D eigenvalue weighted by molar-refractivity contribution is 7.89. The van der Waals surface area contributed by atoms with Crippen molar-refractivity contribution >= 4 is 15.8 Å². The zero-order chi connectivity index (χ0) is 18.6. The molecule has 2 heterocycles. The summed E-state index contributed by atoms with van der Waals surface area (Å²) in [6.45, 7) is 5.90. The van der Waals surface area contributed by atoms with Crippen molar-refractivity contribution in [3.05, 3.63) is 54.2 Å². The number of sulfonamides is 1. The number of aromatic nitrogens is 1. The molecular weight excluding hydrogens is 350 g/mol. The molecule has 0 aliphatic carbocycles. The van der Waals surface area contributed by atoms with Gasteiger partial charge in [0.2, 0.25) is 10.0 Å². The molecule has 1 atom stereocenters. The van der Waals surface area contributed by atoms with E-state index in [4.69, 9.17) is 4.74 Å². The van der Waals surface area contributed by atoms with E-state index in [1.165, 1.54) is 16.1 Å². The highest BCUT2D eigenvalue weighted by atomic mass is 32.2. The maximum atomic E-state index is 12.7. The molecule has 1 N–H and O–H groups in total. The highest BCUT2D eigenvalue weighted by Crippen LogP contribution is 2.26. The summed E-state index contributed by atoms with van der Waals surface area (Å²) in [5.74, 6) is 1.02. The van der Waals surface area contributed by atoms with Gasteiger partial charge in [-0.15, -0.1) is 0 Å². The molecule has 0 bridgehead atoms. The van der Waals surface area contributed by atoms with Gasteiger partial charge in [0.25, 0.3) is 0 Å². The van der Waals surface area contributed by atoms with E-state index in [1.807, 2.05) is 18.2 Å². The normalized spacial score (nSPS) is 17.2. The summed E-state index contributed by atoms with van der Waals surface area (Å²) in [4.78, 5) is 4.55. The number of hydrogen-bond donors (Lipinski definition) is 1. The third-order valence-electron chi connectivity index (χ3n) is 4.47. The van der Waals surface area contributed by atoms with Gasteiger partial charge in [0.15, 0.2) is 0 Å². The molecule has 0 saturated carbocycles. The lowest BCUT2D eigenvalue weighted by Gasteiger charge is -2.26. The fourth-order valence-corrected chi connectivity index (χ4v) is 4.36. The number of nitrogens with zero attached hydrogens (tertiary/aromatic N) is 2. The molecule has 1 aliphatic heterocycles. The number of pyridine rings is 1. The van der Waals surface area contributed by atoms with Gasteiger partial charge in [-0.2, -0.15) is 4.31 Å². The summed E-state index contributed by atoms with van der Waals surface area (Å²) in [5, 5.41) is 3.41. The topological polar surface area (TPSA) is 71.5 Å². The van der Waals surface area contributed by atoms with Gasteiger partial charge in [-0.05, 0) is 23.6 Å². The Morgan fingerprint density at radius 2 is 1.77 bits per heavy atom. The van der Waals surface area contributed by atoms with Crippen LogP contribution in [0.1, 0.15) is 25.5 Å². The zero-order valence-corrected chi connectivity index (χ0v) is 15.9. The molecule has 0 spiro atoms. The number of benzene rings is 1. The lowest BCUT2D eigenvalue weighted by molar-refractivity contribution is 0.0730. The second kappa shape index (κ2) is 8.16. The van der Waals surface area contributed by atoms with Crippen LogP contribution in [-0.2, 0) is 14.8 Å². The Morgan fingerprint density at radius 1 is 1.08 bits per heavy atom. The molecule has 26 heavy (non-hydrogen) atoms. The smallest absolute Gasteiger partial charge is 0.244 e. The highest BCUT2D eigenvalue weighted by Gasteiger charge is 2.26. The first-order chi connectivity index (χ1) is 12.5. The number of rotatable bonds is 6. The number of ether oxygens (including phenoxy) is 1. The molecule has 2 aromatic rings. The number of morpholine rings is 1. The SMILES string of the molecule is CC(C)C(Nc1ccc(S(=O)(=O)N2CCOCC2)cn1)c1ccccc1. The molecule has 1 aromatic heterocycles. The van der Waals surface area contributed by atoms with Crippen molar-refractivity contribution in [3.63, 3.8) is 0 Å².